The Morgan fingerprint density at radius 1 is 1.29 bits per heavy atom. The van der Waals surface area contributed by atoms with E-state index >= 15 is 0 Å². The lowest BCUT2D eigenvalue weighted by atomic mass is 10.1. The Bertz CT molecular complexity index is 545. The minimum atomic E-state index is -0.241. The van der Waals surface area contributed by atoms with Gasteiger partial charge in [0.1, 0.15) is 0 Å². The van der Waals surface area contributed by atoms with E-state index in [9.17, 15) is 9.59 Å². The van der Waals surface area contributed by atoms with E-state index in [0.717, 1.165) is 18.4 Å². The van der Waals surface area contributed by atoms with E-state index in [-0.39, 0.29) is 23.6 Å². The molecule has 2 rings (SSSR count). The van der Waals surface area contributed by atoms with Crippen molar-refractivity contribution in [3.8, 4) is 0 Å². The number of benzene rings is 1. The molecule has 3 nitrogen and oxygen atoms in total. The smallest absolute Gasteiger partial charge is 0.309 e. The number of rotatable bonds is 7. The average molecular weight is 286 g/mol. The van der Waals surface area contributed by atoms with E-state index in [0.29, 0.717) is 13.0 Å². The predicted octanol–water partition coefficient (Wildman–Crippen LogP) is 3.42. The van der Waals surface area contributed by atoms with Crippen LogP contribution in [0.4, 0.5) is 0 Å². The summed E-state index contributed by atoms with van der Waals surface area (Å²) in [6.45, 7) is 4.30. The van der Waals surface area contributed by atoms with Crippen LogP contribution in [0, 0.1) is 11.8 Å². The fourth-order valence-corrected chi connectivity index (χ4v) is 2.46. The minimum absolute atomic E-state index is 0.0222. The van der Waals surface area contributed by atoms with Gasteiger partial charge in [0.25, 0.3) is 0 Å². The molecule has 0 bridgehead atoms. The van der Waals surface area contributed by atoms with Crippen LogP contribution in [-0.4, -0.2) is 18.4 Å². The summed E-state index contributed by atoms with van der Waals surface area (Å²) in [6.07, 6.45) is 6.20. The van der Waals surface area contributed by atoms with Crippen molar-refractivity contribution in [1.82, 2.24) is 0 Å². The van der Waals surface area contributed by atoms with Gasteiger partial charge in [-0.05, 0) is 37.0 Å². The third-order valence-electron chi connectivity index (χ3n) is 3.68. The lowest BCUT2D eigenvalue weighted by Gasteiger charge is -2.00. The van der Waals surface area contributed by atoms with Crippen molar-refractivity contribution in [2.24, 2.45) is 11.8 Å². The van der Waals surface area contributed by atoms with E-state index in [2.05, 4.69) is 19.1 Å². The van der Waals surface area contributed by atoms with Gasteiger partial charge in [-0.25, -0.2) is 0 Å². The van der Waals surface area contributed by atoms with E-state index in [4.69, 9.17) is 4.74 Å². The molecule has 0 radical (unpaired) electrons. The predicted molar refractivity (Wildman–Crippen MR) is 82.7 cm³/mol. The van der Waals surface area contributed by atoms with Gasteiger partial charge in [0.15, 0.2) is 5.78 Å². The molecule has 3 heteroatoms. The first-order valence-corrected chi connectivity index (χ1v) is 7.63. The van der Waals surface area contributed by atoms with Crippen LogP contribution in [0.5, 0.6) is 0 Å². The normalized spacial score (nSPS) is 20.5. The Morgan fingerprint density at radius 3 is 2.81 bits per heavy atom. The van der Waals surface area contributed by atoms with E-state index in [1.54, 1.807) is 13.0 Å². The lowest BCUT2D eigenvalue weighted by molar-refractivity contribution is -0.145. The molecular weight excluding hydrogens is 264 g/mol. The molecule has 0 saturated heterocycles. The Kier molecular flexibility index (Phi) is 5.32. The van der Waals surface area contributed by atoms with Crippen molar-refractivity contribution < 1.29 is 14.3 Å². The number of ether oxygens (including phenoxy) is 1. The number of hydrogen-bond donors (Lipinski definition) is 0. The fraction of sp³-hybridized carbons (Fsp3) is 0.444. The zero-order chi connectivity index (χ0) is 15.2. The largest absolute Gasteiger partial charge is 0.466 e. The van der Waals surface area contributed by atoms with Crippen molar-refractivity contribution in [2.75, 3.05) is 6.61 Å². The van der Waals surface area contributed by atoms with E-state index in [1.165, 1.54) is 5.56 Å². The van der Waals surface area contributed by atoms with Gasteiger partial charge in [0.05, 0.1) is 12.5 Å². The molecular formula is C18H22O3. The van der Waals surface area contributed by atoms with Gasteiger partial charge in [0.2, 0.25) is 0 Å². The number of ketones is 1. The van der Waals surface area contributed by atoms with Crippen molar-refractivity contribution >= 4 is 17.8 Å². The van der Waals surface area contributed by atoms with Gasteiger partial charge in [-0.15, -0.1) is 0 Å². The van der Waals surface area contributed by atoms with Crippen molar-refractivity contribution in [1.29, 1.82) is 0 Å². The molecule has 0 spiro atoms. The summed E-state index contributed by atoms with van der Waals surface area (Å²) in [5.74, 6) is -0.629. The quantitative estimate of drug-likeness (QED) is 0.570. The van der Waals surface area contributed by atoms with Crippen LogP contribution < -0.4 is 0 Å². The van der Waals surface area contributed by atoms with E-state index in [1.807, 2.05) is 18.2 Å². The summed E-state index contributed by atoms with van der Waals surface area (Å²) in [5.41, 5.74) is 2.31. The van der Waals surface area contributed by atoms with Crippen molar-refractivity contribution in [3.63, 3.8) is 0 Å². The summed E-state index contributed by atoms with van der Waals surface area (Å²) in [4.78, 5) is 23.5. The summed E-state index contributed by atoms with van der Waals surface area (Å²) in [6, 6.07) is 8.19. The maximum atomic E-state index is 12.0. The summed E-state index contributed by atoms with van der Waals surface area (Å²) in [7, 11) is 0. The SMILES string of the molecule is CCCc1cccc(/C=C/C(=O)[C@H]2C[C@@H]2C(=O)OCC)c1. The number of hydrogen-bond acceptors (Lipinski definition) is 3. The summed E-state index contributed by atoms with van der Waals surface area (Å²) >= 11 is 0. The molecule has 1 aromatic carbocycles. The maximum absolute atomic E-state index is 12.0. The third kappa shape index (κ3) is 4.28. The van der Waals surface area contributed by atoms with Crippen molar-refractivity contribution in [2.45, 2.75) is 33.1 Å². The van der Waals surface area contributed by atoms with Gasteiger partial charge in [-0.2, -0.15) is 0 Å². The van der Waals surface area contributed by atoms with Crippen LogP contribution in [0.1, 0.15) is 37.8 Å². The molecule has 112 valence electrons. The number of esters is 1. The fourth-order valence-electron chi connectivity index (χ4n) is 2.46. The first-order chi connectivity index (χ1) is 10.2. The second-order valence-electron chi connectivity index (χ2n) is 5.43. The Labute approximate surface area is 126 Å². The molecule has 0 aromatic heterocycles. The topological polar surface area (TPSA) is 43.4 Å². The van der Waals surface area contributed by atoms with Crippen LogP contribution in [0.3, 0.4) is 0 Å². The third-order valence-corrected chi connectivity index (χ3v) is 3.68. The standard InChI is InChI=1S/C18H22O3/c1-3-6-13-7-5-8-14(11-13)9-10-17(19)15-12-16(15)18(20)21-4-2/h5,7-11,15-16H,3-4,6,12H2,1-2H3/b10-9+/t15-,16-/m0/s1. The summed E-state index contributed by atoms with van der Waals surface area (Å²) in [5, 5.41) is 0. The molecule has 1 aliphatic carbocycles. The van der Waals surface area contributed by atoms with Crippen LogP contribution >= 0.6 is 0 Å². The van der Waals surface area contributed by atoms with Gasteiger partial charge in [-0.1, -0.05) is 43.7 Å². The van der Waals surface area contributed by atoms with Gasteiger partial charge >= 0.3 is 5.97 Å². The minimum Gasteiger partial charge on any atom is -0.466 e. The zero-order valence-electron chi connectivity index (χ0n) is 12.7. The molecule has 0 heterocycles. The van der Waals surface area contributed by atoms with Gasteiger partial charge in [-0.3, -0.25) is 9.59 Å². The maximum Gasteiger partial charge on any atom is 0.309 e. The number of carbonyl (C=O) groups is 2. The van der Waals surface area contributed by atoms with E-state index < -0.39 is 0 Å². The monoisotopic (exact) mass is 286 g/mol. The number of carbonyl (C=O) groups excluding carboxylic acids is 2. The number of allylic oxidation sites excluding steroid dienone is 1. The molecule has 1 aliphatic rings. The second kappa shape index (κ2) is 7.21. The molecule has 0 amide bonds. The lowest BCUT2D eigenvalue weighted by Crippen LogP contribution is -2.10. The molecule has 0 aliphatic heterocycles. The van der Waals surface area contributed by atoms with Gasteiger partial charge < -0.3 is 4.74 Å². The van der Waals surface area contributed by atoms with Crippen molar-refractivity contribution in [3.05, 3.63) is 41.5 Å². The average Bonchev–Trinajstić information content (AvgIpc) is 3.26. The van der Waals surface area contributed by atoms with Crippen LogP contribution in [-0.2, 0) is 20.7 Å². The molecule has 2 atom stereocenters. The highest BCUT2D eigenvalue weighted by atomic mass is 16.5. The Hall–Kier alpha value is -1.90. The molecule has 1 fully saturated rings. The molecule has 1 saturated carbocycles. The highest BCUT2D eigenvalue weighted by molar-refractivity contribution is 6.00. The Balaban J connectivity index is 1.91. The van der Waals surface area contributed by atoms with Crippen LogP contribution in [0.2, 0.25) is 0 Å². The first kappa shape index (κ1) is 15.5. The molecule has 1 aromatic rings. The molecule has 0 N–H and O–H groups in total. The number of aryl methyl sites for hydroxylation is 1. The summed E-state index contributed by atoms with van der Waals surface area (Å²) < 4.78 is 4.94. The highest BCUT2D eigenvalue weighted by Gasteiger charge is 2.47. The zero-order valence-corrected chi connectivity index (χ0v) is 12.7. The van der Waals surface area contributed by atoms with Crippen LogP contribution in [0.15, 0.2) is 30.3 Å². The Morgan fingerprint density at radius 2 is 2.10 bits per heavy atom. The van der Waals surface area contributed by atoms with Gasteiger partial charge in [0, 0.05) is 5.92 Å². The van der Waals surface area contributed by atoms with Crippen LogP contribution in [0.25, 0.3) is 6.08 Å². The first-order valence-electron chi connectivity index (χ1n) is 7.63. The molecule has 0 unspecified atom stereocenters. The second-order valence-corrected chi connectivity index (χ2v) is 5.43. The highest BCUT2D eigenvalue weighted by Crippen LogP contribution is 2.40. The molecule has 21 heavy (non-hydrogen) atoms.